The number of halogens is 2. The minimum atomic E-state index is -1.23. The monoisotopic (exact) mass is 403 g/mol. The van der Waals surface area contributed by atoms with Crippen molar-refractivity contribution in [1.82, 2.24) is 10.2 Å². The zero-order chi connectivity index (χ0) is 17.1. The Morgan fingerprint density at radius 3 is 2.50 bits per heavy atom. The Hall–Kier alpha value is -2.44. The van der Waals surface area contributed by atoms with Crippen LogP contribution in [0.4, 0.5) is 0 Å². The van der Waals surface area contributed by atoms with Gasteiger partial charge in [0, 0.05) is 4.47 Å². The fourth-order valence-corrected chi connectivity index (χ4v) is 2.64. The SMILES string of the molecule is O=C([O-])c1ccc(/C=C(\Cl)c2nnc(-c3ccccc3Br)o2)cc1. The number of hydrogen-bond donors (Lipinski definition) is 0. The molecule has 0 aliphatic rings. The lowest BCUT2D eigenvalue weighted by molar-refractivity contribution is -0.255. The number of aromatic carboxylic acids is 1. The molecule has 2 aromatic carbocycles. The molecule has 0 saturated carbocycles. The highest BCUT2D eigenvalue weighted by molar-refractivity contribution is 9.10. The molecule has 1 aromatic heterocycles. The molecule has 0 aliphatic carbocycles. The molecule has 0 saturated heterocycles. The zero-order valence-corrected chi connectivity index (χ0v) is 14.4. The third kappa shape index (κ3) is 3.55. The summed E-state index contributed by atoms with van der Waals surface area (Å²) in [5.74, 6) is -0.714. The molecular formula is C17H9BrClN2O3-. The van der Waals surface area contributed by atoms with Crippen molar-refractivity contribution in [2.45, 2.75) is 0 Å². The summed E-state index contributed by atoms with van der Waals surface area (Å²) in [6.07, 6.45) is 1.61. The van der Waals surface area contributed by atoms with Crippen LogP contribution in [0.1, 0.15) is 21.8 Å². The number of rotatable bonds is 4. The number of benzene rings is 2. The zero-order valence-electron chi connectivity index (χ0n) is 12.1. The first-order valence-electron chi connectivity index (χ1n) is 6.82. The maximum atomic E-state index is 10.7. The Bertz CT molecular complexity index is 920. The molecule has 0 aliphatic heterocycles. The highest BCUT2D eigenvalue weighted by Gasteiger charge is 2.13. The van der Waals surface area contributed by atoms with Crippen LogP contribution in [0, 0.1) is 0 Å². The van der Waals surface area contributed by atoms with Gasteiger partial charge in [-0.3, -0.25) is 0 Å². The molecule has 5 nitrogen and oxygen atoms in total. The van der Waals surface area contributed by atoms with Crippen molar-refractivity contribution in [2.75, 3.05) is 0 Å². The van der Waals surface area contributed by atoms with Gasteiger partial charge >= 0.3 is 0 Å². The lowest BCUT2D eigenvalue weighted by Gasteiger charge is -2.02. The third-order valence-corrected chi connectivity index (χ3v) is 4.14. The number of carboxylic acid groups (broad SMARTS) is 1. The molecule has 0 radical (unpaired) electrons. The van der Waals surface area contributed by atoms with Crippen molar-refractivity contribution in [3.63, 3.8) is 0 Å². The maximum Gasteiger partial charge on any atom is 0.259 e. The van der Waals surface area contributed by atoms with Crippen LogP contribution in [-0.4, -0.2) is 16.2 Å². The van der Waals surface area contributed by atoms with E-state index in [1.165, 1.54) is 12.1 Å². The number of hydrogen-bond acceptors (Lipinski definition) is 5. The molecule has 1 heterocycles. The minimum absolute atomic E-state index is 0.0947. The van der Waals surface area contributed by atoms with Gasteiger partial charge in [-0.1, -0.05) is 48.0 Å². The van der Waals surface area contributed by atoms with Crippen molar-refractivity contribution in [3.8, 4) is 11.5 Å². The fourth-order valence-electron chi connectivity index (χ4n) is 1.99. The van der Waals surface area contributed by atoms with Crippen molar-refractivity contribution >= 4 is 44.6 Å². The van der Waals surface area contributed by atoms with Crippen LogP contribution in [0.5, 0.6) is 0 Å². The summed E-state index contributed by atoms with van der Waals surface area (Å²) in [5.41, 5.74) is 1.56. The number of carbonyl (C=O) groups excluding carboxylic acids is 1. The van der Waals surface area contributed by atoms with E-state index >= 15 is 0 Å². The molecule has 0 bridgehead atoms. The predicted molar refractivity (Wildman–Crippen MR) is 91.9 cm³/mol. The van der Waals surface area contributed by atoms with Crippen LogP contribution in [0.15, 0.2) is 57.4 Å². The van der Waals surface area contributed by atoms with Gasteiger partial charge in [0.25, 0.3) is 5.89 Å². The van der Waals surface area contributed by atoms with E-state index in [0.29, 0.717) is 11.5 Å². The molecule has 0 amide bonds. The summed E-state index contributed by atoms with van der Waals surface area (Å²) in [6, 6.07) is 13.6. The Balaban J connectivity index is 1.86. The minimum Gasteiger partial charge on any atom is -0.545 e. The van der Waals surface area contributed by atoms with Crippen molar-refractivity contribution in [2.24, 2.45) is 0 Å². The molecule has 24 heavy (non-hydrogen) atoms. The van der Waals surface area contributed by atoms with Crippen molar-refractivity contribution in [3.05, 3.63) is 70.0 Å². The summed E-state index contributed by atoms with van der Waals surface area (Å²) in [5, 5.41) is 18.9. The summed E-state index contributed by atoms with van der Waals surface area (Å²) in [4.78, 5) is 10.7. The largest absolute Gasteiger partial charge is 0.545 e. The van der Waals surface area contributed by atoms with E-state index in [-0.39, 0.29) is 16.5 Å². The van der Waals surface area contributed by atoms with Gasteiger partial charge in [-0.15, -0.1) is 10.2 Å². The molecule has 0 N–H and O–H groups in total. The van der Waals surface area contributed by atoms with Crippen LogP contribution in [-0.2, 0) is 0 Å². The molecule has 0 spiro atoms. The topological polar surface area (TPSA) is 79.0 Å². The van der Waals surface area contributed by atoms with Crippen LogP contribution in [0.25, 0.3) is 22.6 Å². The van der Waals surface area contributed by atoms with E-state index in [1.807, 2.05) is 24.3 Å². The summed E-state index contributed by atoms with van der Waals surface area (Å²) in [7, 11) is 0. The quantitative estimate of drug-likeness (QED) is 0.664. The predicted octanol–water partition coefficient (Wildman–Crippen LogP) is 3.60. The van der Waals surface area contributed by atoms with Gasteiger partial charge in [-0.25, -0.2) is 0 Å². The lowest BCUT2D eigenvalue weighted by atomic mass is 10.1. The van der Waals surface area contributed by atoms with Crippen molar-refractivity contribution < 1.29 is 14.3 Å². The first-order chi connectivity index (χ1) is 11.5. The van der Waals surface area contributed by atoms with Gasteiger partial charge in [0.1, 0.15) is 5.03 Å². The standard InChI is InChI=1S/C17H10BrClN2O3/c18-13-4-2-1-3-12(13)15-20-21-16(24-15)14(19)9-10-5-7-11(8-6-10)17(22)23/h1-9H,(H,22,23)/p-1/b14-9-. The summed E-state index contributed by atoms with van der Waals surface area (Å²) >= 11 is 9.63. The Labute approximate surface area is 150 Å². The summed E-state index contributed by atoms with van der Waals surface area (Å²) < 4.78 is 6.42. The molecule has 0 fully saturated rings. The van der Waals surface area contributed by atoms with Crippen LogP contribution in [0.3, 0.4) is 0 Å². The highest BCUT2D eigenvalue weighted by atomic mass is 79.9. The van der Waals surface area contributed by atoms with Gasteiger partial charge in [0.15, 0.2) is 0 Å². The van der Waals surface area contributed by atoms with E-state index < -0.39 is 5.97 Å². The number of aromatic nitrogens is 2. The molecule has 7 heteroatoms. The number of carbonyl (C=O) groups is 1. The Morgan fingerprint density at radius 1 is 1.12 bits per heavy atom. The Morgan fingerprint density at radius 2 is 1.83 bits per heavy atom. The van der Waals surface area contributed by atoms with E-state index in [9.17, 15) is 9.90 Å². The normalized spacial score (nSPS) is 11.5. The Kier molecular flexibility index (Phi) is 4.78. The lowest BCUT2D eigenvalue weighted by Crippen LogP contribution is -2.21. The molecule has 0 atom stereocenters. The van der Waals surface area contributed by atoms with Crippen LogP contribution in [0.2, 0.25) is 0 Å². The van der Waals surface area contributed by atoms with Crippen LogP contribution >= 0.6 is 27.5 Å². The molecule has 120 valence electrons. The fraction of sp³-hybridized carbons (Fsp3) is 0. The van der Waals surface area contributed by atoms with E-state index in [1.54, 1.807) is 18.2 Å². The second-order valence-corrected chi connectivity index (χ2v) is 6.06. The smallest absolute Gasteiger partial charge is 0.259 e. The summed E-state index contributed by atoms with van der Waals surface area (Å²) in [6.45, 7) is 0. The van der Waals surface area contributed by atoms with Gasteiger partial charge in [0.05, 0.1) is 11.5 Å². The van der Waals surface area contributed by atoms with E-state index in [4.69, 9.17) is 16.0 Å². The maximum absolute atomic E-state index is 10.7. The number of nitrogens with zero attached hydrogens (tertiary/aromatic N) is 2. The average molecular weight is 405 g/mol. The first-order valence-corrected chi connectivity index (χ1v) is 7.99. The average Bonchev–Trinajstić information content (AvgIpc) is 3.05. The van der Waals surface area contributed by atoms with Gasteiger partial charge in [-0.2, -0.15) is 0 Å². The molecular weight excluding hydrogens is 396 g/mol. The molecule has 3 aromatic rings. The second kappa shape index (κ2) is 6.98. The van der Waals surface area contributed by atoms with E-state index in [0.717, 1.165) is 10.0 Å². The number of carboxylic acids is 1. The highest BCUT2D eigenvalue weighted by Crippen LogP contribution is 2.29. The van der Waals surface area contributed by atoms with Crippen LogP contribution < -0.4 is 5.11 Å². The van der Waals surface area contributed by atoms with Gasteiger partial charge < -0.3 is 14.3 Å². The molecule has 0 unspecified atom stereocenters. The van der Waals surface area contributed by atoms with E-state index in [2.05, 4.69) is 26.1 Å². The second-order valence-electron chi connectivity index (χ2n) is 4.79. The molecule has 3 rings (SSSR count). The first kappa shape index (κ1) is 16.4. The third-order valence-electron chi connectivity index (χ3n) is 3.17. The van der Waals surface area contributed by atoms with Crippen molar-refractivity contribution in [1.29, 1.82) is 0 Å². The van der Waals surface area contributed by atoms with Gasteiger partial charge in [0.2, 0.25) is 5.89 Å². The van der Waals surface area contributed by atoms with Gasteiger partial charge in [-0.05, 0) is 45.3 Å².